The molecule has 2 atom stereocenters. The van der Waals surface area contributed by atoms with E-state index in [0.717, 1.165) is 11.8 Å². The minimum Gasteiger partial charge on any atom is -0.460 e. The number of hydrogen-bond acceptors (Lipinski definition) is 2. The second kappa shape index (κ2) is 3.36. The Balaban J connectivity index is 2.32. The highest BCUT2D eigenvalue weighted by atomic mass is 79.9. The van der Waals surface area contributed by atoms with Gasteiger partial charge >= 0.3 is 5.97 Å². The Labute approximate surface area is 81.8 Å². The summed E-state index contributed by atoms with van der Waals surface area (Å²) >= 11 is 3.36. The van der Waals surface area contributed by atoms with Gasteiger partial charge in [-0.2, -0.15) is 0 Å². The molecular weight excluding hydrogens is 220 g/mol. The van der Waals surface area contributed by atoms with Gasteiger partial charge in [0, 0.05) is 5.33 Å². The number of hydrogen-bond donors (Lipinski definition) is 0. The predicted octanol–water partition coefficient (Wildman–Crippen LogP) is 2.36. The van der Waals surface area contributed by atoms with Crippen LogP contribution in [0.25, 0.3) is 0 Å². The standard InChI is InChI=1S/C9H15BrO2/c1-9(2,3)12-8(11)7-4-6(7)5-10/h6-7H,4-5H2,1-3H3. The van der Waals surface area contributed by atoms with Gasteiger partial charge in [-0.15, -0.1) is 0 Å². The number of carbonyl (C=O) groups excluding carboxylic acids is 1. The minimum atomic E-state index is -0.337. The van der Waals surface area contributed by atoms with Crippen LogP contribution in [-0.2, 0) is 9.53 Å². The lowest BCUT2D eigenvalue weighted by atomic mass is 10.2. The second-order valence-corrected chi connectivity index (χ2v) is 4.94. The highest BCUT2D eigenvalue weighted by Gasteiger charge is 2.44. The first-order chi connectivity index (χ1) is 5.44. The molecule has 2 unspecified atom stereocenters. The van der Waals surface area contributed by atoms with Crippen LogP contribution in [0.1, 0.15) is 27.2 Å². The fourth-order valence-corrected chi connectivity index (χ4v) is 1.80. The first-order valence-corrected chi connectivity index (χ1v) is 5.35. The van der Waals surface area contributed by atoms with Crippen molar-refractivity contribution in [2.45, 2.75) is 32.8 Å². The maximum absolute atomic E-state index is 11.3. The van der Waals surface area contributed by atoms with E-state index in [-0.39, 0.29) is 17.5 Å². The number of carbonyl (C=O) groups is 1. The van der Waals surface area contributed by atoms with E-state index < -0.39 is 0 Å². The Bertz CT molecular complexity index is 183. The van der Waals surface area contributed by atoms with Crippen LogP contribution in [0.3, 0.4) is 0 Å². The van der Waals surface area contributed by atoms with Gasteiger partial charge in [-0.05, 0) is 33.1 Å². The van der Waals surface area contributed by atoms with Crippen LogP contribution in [0.15, 0.2) is 0 Å². The normalized spacial score (nSPS) is 28.3. The van der Waals surface area contributed by atoms with Gasteiger partial charge in [0.2, 0.25) is 0 Å². The van der Waals surface area contributed by atoms with E-state index in [0.29, 0.717) is 5.92 Å². The molecule has 1 fully saturated rings. The molecule has 0 N–H and O–H groups in total. The second-order valence-electron chi connectivity index (χ2n) is 4.29. The van der Waals surface area contributed by atoms with Crippen molar-refractivity contribution in [1.29, 1.82) is 0 Å². The number of ether oxygens (including phenoxy) is 1. The van der Waals surface area contributed by atoms with E-state index in [1.54, 1.807) is 0 Å². The summed E-state index contributed by atoms with van der Waals surface area (Å²) < 4.78 is 5.23. The maximum atomic E-state index is 11.3. The van der Waals surface area contributed by atoms with Crippen molar-refractivity contribution in [3.05, 3.63) is 0 Å². The molecule has 0 aromatic rings. The molecular formula is C9H15BrO2. The van der Waals surface area contributed by atoms with Gasteiger partial charge in [0.15, 0.2) is 0 Å². The minimum absolute atomic E-state index is 0.0352. The molecule has 3 heteroatoms. The summed E-state index contributed by atoms with van der Waals surface area (Å²) in [7, 11) is 0. The van der Waals surface area contributed by atoms with Gasteiger partial charge in [-0.25, -0.2) is 0 Å². The lowest BCUT2D eigenvalue weighted by Crippen LogP contribution is -2.25. The lowest BCUT2D eigenvalue weighted by molar-refractivity contribution is -0.156. The van der Waals surface area contributed by atoms with E-state index in [1.807, 2.05) is 20.8 Å². The quantitative estimate of drug-likeness (QED) is 0.542. The summed E-state index contributed by atoms with van der Waals surface area (Å²) in [5.74, 6) is 0.635. The van der Waals surface area contributed by atoms with Crippen LogP contribution in [-0.4, -0.2) is 16.9 Å². The average Bonchev–Trinajstić information content (AvgIpc) is 2.60. The summed E-state index contributed by atoms with van der Waals surface area (Å²) in [6.07, 6.45) is 0.986. The molecule has 0 aliphatic heterocycles. The lowest BCUT2D eigenvalue weighted by Gasteiger charge is -2.19. The molecule has 0 heterocycles. The summed E-state index contributed by atoms with van der Waals surface area (Å²) in [4.78, 5) is 11.3. The molecule has 70 valence electrons. The zero-order valence-corrected chi connectivity index (χ0v) is 9.35. The number of halogens is 1. The molecule has 1 aliphatic carbocycles. The Morgan fingerprint density at radius 1 is 1.58 bits per heavy atom. The van der Waals surface area contributed by atoms with Crippen molar-refractivity contribution in [1.82, 2.24) is 0 Å². The largest absolute Gasteiger partial charge is 0.460 e. The molecule has 12 heavy (non-hydrogen) atoms. The monoisotopic (exact) mass is 234 g/mol. The van der Waals surface area contributed by atoms with Crippen LogP contribution in [0.2, 0.25) is 0 Å². The van der Waals surface area contributed by atoms with Crippen molar-refractivity contribution in [3.63, 3.8) is 0 Å². The number of rotatable bonds is 2. The van der Waals surface area contributed by atoms with Gasteiger partial charge < -0.3 is 4.74 Å². The summed E-state index contributed by atoms with van der Waals surface area (Å²) in [6.45, 7) is 5.70. The highest BCUT2D eigenvalue weighted by Crippen LogP contribution is 2.41. The van der Waals surface area contributed by atoms with Gasteiger partial charge in [0.1, 0.15) is 5.60 Å². The maximum Gasteiger partial charge on any atom is 0.309 e. The molecule has 0 bridgehead atoms. The fraction of sp³-hybridized carbons (Fsp3) is 0.889. The van der Waals surface area contributed by atoms with Crippen LogP contribution >= 0.6 is 15.9 Å². The van der Waals surface area contributed by atoms with Crippen molar-refractivity contribution in [2.75, 3.05) is 5.33 Å². The van der Waals surface area contributed by atoms with Crippen LogP contribution in [0, 0.1) is 11.8 Å². The zero-order valence-electron chi connectivity index (χ0n) is 7.76. The average molecular weight is 235 g/mol. The number of esters is 1. The molecule has 0 amide bonds. The number of alkyl halides is 1. The van der Waals surface area contributed by atoms with E-state index in [4.69, 9.17) is 4.74 Å². The van der Waals surface area contributed by atoms with Crippen molar-refractivity contribution >= 4 is 21.9 Å². The molecule has 0 aromatic heterocycles. The molecule has 2 nitrogen and oxygen atoms in total. The Hall–Kier alpha value is -0.0500. The Kier molecular flexibility index (Phi) is 2.81. The third kappa shape index (κ3) is 2.77. The summed E-state index contributed by atoms with van der Waals surface area (Å²) in [6, 6.07) is 0. The van der Waals surface area contributed by atoms with E-state index in [2.05, 4.69) is 15.9 Å². The molecule has 0 saturated heterocycles. The highest BCUT2D eigenvalue weighted by molar-refractivity contribution is 9.09. The van der Waals surface area contributed by atoms with E-state index in [9.17, 15) is 4.79 Å². The van der Waals surface area contributed by atoms with Gasteiger partial charge in [-0.3, -0.25) is 4.79 Å². The van der Waals surface area contributed by atoms with Crippen LogP contribution < -0.4 is 0 Å². The summed E-state index contributed by atoms with van der Waals surface area (Å²) in [5, 5.41) is 0.914. The SMILES string of the molecule is CC(C)(C)OC(=O)C1CC1CBr. The molecule has 0 radical (unpaired) electrons. The van der Waals surface area contributed by atoms with E-state index in [1.165, 1.54) is 0 Å². The molecule has 1 saturated carbocycles. The fourth-order valence-electron chi connectivity index (χ4n) is 1.08. The molecule has 0 aromatic carbocycles. The molecule has 1 aliphatic rings. The summed E-state index contributed by atoms with van der Waals surface area (Å²) in [5.41, 5.74) is -0.337. The Morgan fingerprint density at radius 3 is 2.50 bits per heavy atom. The predicted molar refractivity (Wildman–Crippen MR) is 51.2 cm³/mol. The third-order valence-corrected chi connectivity index (χ3v) is 2.66. The Morgan fingerprint density at radius 2 is 2.17 bits per heavy atom. The van der Waals surface area contributed by atoms with Gasteiger partial charge in [0.25, 0.3) is 0 Å². The first kappa shape index (κ1) is 10.0. The van der Waals surface area contributed by atoms with Crippen LogP contribution in [0.5, 0.6) is 0 Å². The van der Waals surface area contributed by atoms with Crippen molar-refractivity contribution < 1.29 is 9.53 Å². The van der Waals surface area contributed by atoms with Crippen molar-refractivity contribution in [3.8, 4) is 0 Å². The third-order valence-electron chi connectivity index (χ3n) is 1.83. The van der Waals surface area contributed by atoms with Gasteiger partial charge in [-0.1, -0.05) is 15.9 Å². The van der Waals surface area contributed by atoms with Crippen LogP contribution in [0.4, 0.5) is 0 Å². The molecule has 1 rings (SSSR count). The molecule has 0 spiro atoms. The zero-order chi connectivity index (χ0) is 9.35. The first-order valence-electron chi connectivity index (χ1n) is 4.23. The van der Waals surface area contributed by atoms with E-state index >= 15 is 0 Å². The van der Waals surface area contributed by atoms with Crippen molar-refractivity contribution in [2.24, 2.45) is 11.8 Å². The van der Waals surface area contributed by atoms with Gasteiger partial charge in [0.05, 0.1) is 5.92 Å². The topological polar surface area (TPSA) is 26.3 Å². The smallest absolute Gasteiger partial charge is 0.309 e.